The highest BCUT2D eigenvalue weighted by atomic mass is 35.5. The second-order valence-electron chi connectivity index (χ2n) is 2.12. The second-order valence-corrected chi connectivity index (χ2v) is 2.68. The van der Waals surface area contributed by atoms with Gasteiger partial charge in [0.05, 0.1) is 5.38 Å². The van der Waals surface area contributed by atoms with Crippen molar-refractivity contribution in [2.24, 2.45) is 5.18 Å². The van der Waals surface area contributed by atoms with Crippen molar-refractivity contribution in [2.45, 2.75) is 30.7 Å². The van der Waals surface area contributed by atoms with Gasteiger partial charge in [0.1, 0.15) is 6.04 Å². The molecule has 3 heteroatoms. The summed E-state index contributed by atoms with van der Waals surface area (Å²) < 4.78 is 0. The van der Waals surface area contributed by atoms with Crippen LogP contribution < -0.4 is 0 Å². The number of nitroso groups, excluding NO2 is 1. The van der Waals surface area contributed by atoms with E-state index in [1.54, 1.807) is 0 Å². The van der Waals surface area contributed by atoms with Gasteiger partial charge < -0.3 is 0 Å². The van der Waals surface area contributed by atoms with E-state index in [0.717, 1.165) is 19.3 Å². The molecule has 0 heterocycles. The third-order valence-corrected chi connectivity index (χ3v) is 2.04. The molecule has 0 bridgehead atoms. The third-order valence-electron chi connectivity index (χ3n) is 1.53. The molecule has 2 atom stereocenters. The predicted molar refractivity (Wildman–Crippen MR) is 33.1 cm³/mol. The van der Waals surface area contributed by atoms with Crippen LogP contribution in [-0.2, 0) is 0 Å². The molecule has 0 N–H and O–H groups in total. The van der Waals surface area contributed by atoms with Crippen LogP contribution in [0.15, 0.2) is 5.18 Å². The summed E-state index contributed by atoms with van der Waals surface area (Å²) in [5.41, 5.74) is 0. The van der Waals surface area contributed by atoms with Gasteiger partial charge in [0, 0.05) is 0 Å². The third kappa shape index (κ3) is 0.996. The maximum Gasteiger partial charge on any atom is 0.108 e. The summed E-state index contributed by atoms with van der Waals surface area (Å²) in [4.78, 5) is 9.88. The lowest BCUT2D eigenvalue weighted by molar-refractivity contribution is 0.707. The number of rotatable bonds is 1. The lowest BCUT2D eigenvalue weighted by Gasteiger charge is -1.99. The molecule has 1 aliphatic rings. The van der Waals surface area contributed by atoms with Crippen molar-refractivity contribution in [3.05, 3.63) is 4.91 Å². The zero-order valence-electron chi connectivity index (χ0n) is 4.51. The molecule has 0 amide bonds. The molecule has 0 aliphatic heterocycles. The lowest BCUT2D eigenvalue weighted by Crippen LogP contribution is -2.08. The first kappa shape index (κ1) is 6.02. The Bertz CT molecular complexity index is 96.4. The maximum atomic E-state index is 9.88. The van der Waals surface area contributed by atoms with E-state index >= 15 is 0 Å². The van der Waals surface area contributed by atoms with E-state index in [-0.39, 0.29) is 11.4 Å². The molecule has 0 aromatic carbocycles. The largest absolute Gasteiger partial charge is 0.150 e. The van der Waals surface area contributed by atoms with Crippen LogP contribution >= 0.6 is 11.6 Å². The zero-order valence-corrected chi connectivity index (χ0v) is 5.27. The fraction of sp³-hybridized carbons (Fsp3) is 1.00. The monoisotopic (exact) mass is 133 g/mol. The van der Waals surface area contributed by atoms with Crippen molar-refractivity contribution in [3.63, 3.8) is 0 Å². The smallest absolute Gasteiger partial charge is 0.108 e. The van der Waals surface area contributed by atoms with Crippen molar-refractivity contribution in [2.75, 3.05) is 0 Å². The molecule has 1 rings (SSSR count). The van der Waals surface area contributed by atoms with E-state index in [1.807, 2.05) is 0 Å². The molecule has 0 radical (unpaired) electrons. The molecule has 0 aromatic heterocycles. The molecular formula is C5H8ClNO. The summed E-state index contributed by atoms with van der Waals surface area (Å²) in [7, 11) is 0. The van der Waals surface area contributed by atoms with Crippen LogP contribution in [0.4, 0.5) is 0 Å². The molecule has 0 aromatic rings. The summed E-state index contributed by atoms with van der Waals surface area (Å²) in [6.45, 7) is 0. The van der Waals surface area contributed by atoms with Gasteiger partial charge in [0.15, 0.2) is 0 Å². The number of halogens is 1. The Balaban J connectivity index is 2.41. The molecule has 0 spiro atoms. The fourth-order valence-corrected chi connectivity index (χ4v) is 1.34. The van der Waals surface area contributed by atoms with Crippen LogP contribution in [0.25, 0.3) is 0 Å². The number of nitrogens with zero attached hydrogens (tertiary/aromatic N) is 1. The standard InChI is InChI=1S/C5H8ClNO/c6-4-2-1-3-5(4)7-8/h4-5H,1-3H2. The molecule has 46 valence electrons. The van der Waals surface area contributed by atoms with E-state index in [1.165, 1.54) is 0 Å². The van der Waals surface area contributed by atoms with E-state index in [2.05, 4.69) is 5.18 Å². The van der Waals surface area contributed by atoms with E-state index < -0.39 is 0 Å². The lowest BCUT2D eigenvalue weighted by atomic mass is 10.3. The minimum atomic E-state index is -0.100. The first-order chi connectivity index (χ1) is 3.84. The molecule has 1 aliphatic carbocycles. The topological polar surface area (TPSA) is 29.4 Å². The van der Waals surface area contributed by atoms with Gasteiger partial charge in [-0.1, -0.05) is 5.18 Å². The van der Waals surface area contributed by atoms with Gasteiger partial charge in [0.2, 0.25) is 0 Å². The first-order valence-electron chi connectivity index (χ1n) is 2.81. The Hall–Kier alpha value is -0.110. The molecule has 8 heavy (non-hydrogen) atoms. The molecular weight excluding hydrogens is 126 g/mol. The van der Waals surface area contributed by atoms with Crippen molar-refractivity contribution in [3.8, 4) is 0 Å². The van der Waals surface area contributed by atoms with Gasteiger partial charge in [-0.25, -0.2) is 0 Å². The fourth-order valence-electron chi connectivity index (χ4n) is 1.01. The summed E-state index contributed by atoms with van der Waals surface area (Å²) >= 11 is 5.68. The highest BCUT2D eigenvalue weighted by molar-refractivity contribution is 6.21. The zero-order chi connectivity index (χ0) is 5.98. The highest BCUT2D eigenvalue weighted by Gasteiger charge is 2.25. The summed E-state index contributed by atoms with van der Waals surface area (Å²) in [6.07, 6.45) is 2.90. The van der Waals surface area contributed by atoms with E-state index in [9.17, 15) is 4.91 Å². The van der Waals surface area contributed by atoms with Gasteiger partial charge in [-0.2, -0.15) is 4.91 Å². The van der Waals surface area contributed by atoms with Crippen LogP contribution in [0.5, 0.6) is 0 Å². The Labute approximate surface area is 53.2 Å². The average Bonchev–Trinajstić information content (AvgIpc) is 2.14. The summed E-state index contributed by atoms with van der Waals surface area (Å²) in [5.74, 6) is 0. The Morgan fingerprint density at radius 3 is 2.50 bits per heavy atom. The molecule has 0 saturated heterocycles. The van der Waals surface area contributed by atoms with Crippen molar-refractivity contribution in [1.82, 2.24) is 0 Å². The predicted octanol–water partition coefficient (Wildman–Crippen LogP) is 1.91. The van der Waals surface area contributed by atoms with Gasteiger partial charge in [0.25, 0.3) is 0 Å². The molecule has 2 nitrogen and oxygen atoms in total. The van der Waals surface area contributed by atoms with E-state index in [0.29, 0.717) is 0 Å². The minimum absolute atomic E-state index is 0.0208. The SMILES string of the molecule is O=NC1CCCC1Cl. The Morgan fingerprint density at radius 2 is 2.25 bits per heavy atom. The van der Waals surface area contributed by atoms with Crippen molar-refractivity contribution < 1.29 is 0 Å². The van der Waals surface area contributed by atoms with Crippen LogP contribution in [-0.4, -0.2) is 11.4 Å². The second kappa shape index (κ2) is 2.44. The van der Waals surface area contributed by atoms with Crippen LogP contribution in [0.3, 0.4) is 0 Å². The van der Waals surface area contributed by atoms with Crippen molar-refractivity contribution >= 4 is 11.6 Å². The summed E-state index contributed by atoms with van der Waals surface area (Å²) in [6, 6.07) is -0.100. The number of alkyl halides is 1. The highest BCUT2D eigenvalue weighted by Crippen LogP contribution is 2.26. The molecule has 1 fully saturated rings. The summed E-state index contributed by atoms with van der Waals surface area (Å²) in [5, 5.41) is 2.91. The average molecular weight is 134 g/mol. The maximum absolute atomic E-state index is 9.88. The molecule has 2 unspecified atom stereocenters. The Kier molecular flexibility index (Phi) is 1.84. The number of hydrogen-bond donors (Lipinski definition) is 0. The van der Waals surface area contributed by atoms with Crippen molar-refractivity contribution in [1.29, 1.82) is 0 Å². The van der Waals surface area contributed by atoms with Crippen LogP contribution in [0.1, 0.15) is 19.3 Å². The van der Waals surface area contributed by atoms with Gasteiger partial charge >= 0.3 is 0 Å². The van der Waals surface area contributed by atoms with Crippen LogP contribution in [0, 0.1) is 4.91 Å². The quantitative estimate of drug-likeness (QED) is 0.397. The normalized spacial score (nSPS) is 37.6. The minimum Gasteiger partial charge on any atom is -0.150 e. The molecule has 1 saturated carbocycles. The number of hydrogen-bond acceptors (Lipinski definition) is 2. The first-order valence-corrected chi connectivity index (χ1v) is 3.25. The van der Waals surface area contributed by atoms with Gasteiger partial charge in [-0.05, 0) is 19.3 Å². The van der Waals surface area contributed by atoms with E-state index in [4.69, 9.17) is 11.6 Å². The van der Waals surface area contributed by atoms with Crippen LogP contribution in [0.2, 0.25) is 0 Å². The van der Waals surface area contributed by atoms with Gasteiger partial charge in [-0.3, -0.25) is 0 Å². The van der Waals surface area contributed by atoms with Gasteiger partial charge in [-0.15, -0.1) is 11.6 Å². The Morgan fingerprint density at radius 1 is 1.50 bits per heavy atom.